The smallest absolute Gasteiger partial charge is 0.406 e. The molecule has 152 valence electrons. The first-order chi connectivity index (χ1) is 13.2. The fourth-order valence-electron chi connectivity index (χ4n) is 3.27. The first-order valence-electron chi connectivity index (χ1n) is 8.84. The van der Waals surface area contributed by atoms with Crippen LogP contribution < -0.4 is 4.74 Å². The summed E-state index contributed by atoms with van der Waals surface area (Å²) >= 11 is 3.21. The van der Waals surface area contributed by atoms with Gasteiger partial charge in [0.1, 0.15) is 11.9 Å². The van der Waals surface area contributed by atoms with E-state index in [2.05, 4.69) is 22.7 Å². The predicted molar refractivity (Wildman–Crippen MR) is 106 cm³/mol. The van der Waals surface area contributed by atoms with Crippen LogP contribution >= 0.6 is 23.5 Å². The van der Waals surface area contributed by atoms with E-state index in [4.69, 9.17) is 4.74 Å². The van der Waals surface area contributed by atoms with E-state index in [0.717, 1.165) is 33.9 Å². The van der Waals surface area contributed by atoms with E-state index in [1.54, 1.807) is 35.7 Å². The number of benzene rings is 1. The first kappa shape index (κ1) is 21.3. The molecule has 0 aliphatic carbocycles. The molecule has 0 bridgehead atoms. The molecule has 1 aromatic carbocycles. The zero-order chi connectivity index (χ0) is 20.4. The van der Waals surface area contributed by atoms with E-state index >= 15 is 0 Å². The summed E-state index contributed by atoms with van der Waals surface area (Å²) in [6.07, 6.45) is 0.583. The predicted octanol–water partition coefficient (Wildman–Crippen LogP) is 6.41. The minimum atomic E-state index is -4.69. The zero-order valence-electron chi connectivity index (χ0n) is 15.9. The van der Waals surface area contributed by atoms with Crippen LogP contribution in [0.2, 0.25) is 0 Å². The molecular weight excluding hydrogens is 407 g/mol. The van der Waals surface area contributed by atoms with Gasteiger partial charge in [-0.15, -0.1) is 36.7 Å². The van der Waals surface area contributed by atoms with Crippen molar-refractivity contribution in [2.24, 2.45) is 0 Å². The number of hydrogen-bond acceptors (Lipinski definition) is 5. The normalized spacial score (nSPS) is 22.9. The summed E-state index contributed by atoms with van der Waals surface area (Å²) in [5.41, 5.74) is 2.02. The van der Waals surface area contributed by atoms with Crippen molar-refractivity contribution in [3.63, 3.8) is 0 Å². The molecule has 3 rings (SSSR count). The Bertz CT molecular complexity index is 831. The lowest BCUT2D eigenvalue weighted by Gasteiger charge is -2.38. The number of aryl methyl sites for hydroxylation is 1. The van der Waals surface area contributed by atoms with Gasteiger partial charge in [-0.2, -0.15) is 0 Å². The van der Waals surface area contributed by atoms with Crippen LogP contribution in [0.15, 0.2) is 46.3 Å². The van der Waals surface area contributed by atoms with Crippen LogP contribution in [0.1, 0.15) is 37.1 Å². The van der Waals surface area contributed by atoms with Gasteiger partial charge in [0.05, 0.1) is 5.69 Å². The minimum absolute atomic E-state index is 0.128. The van der Waals surface area contributed by atoms with Crippen LogP contribution in [0, 0.1) is 6.92 Å². The largest absolute Gasteiger partial charge is 0.573 e. The van der Waals surface area contributed by atoms with Gasteiger partial charge in [-0.25, -0.2) is 0 Å². The molecule has 2 aromatic rings. The van der Waals surface area contributed by atoms with E-state index in [9.17, 15) is 13.2 Å². The van der Waals surface area contributed by atoms with Crippen LogP contribution in [0.4, 0.5) is 13.2 Å². The van der Waals surface area contributed by atoms with Crippen molar-refractivity contribution >= 4 is 23.5 Å². The van der Waals surface area contributed by atoms with E-state index in [0.29, 0.717) is 6.61 Å². The molecule has 1 aromatic heterocycles. The van der Waals surface area contributed by atoms with Crippen molar-refractivity contribution in [3.8, 4) is 5.75 Å². The first-order valence-corrected chi connectivity index (χ1v) is 10.9. The second kappa shape index (κ2) is 8.55. The monoisotopic (exact) mass is 429 g/mol. The van der Waals surface area contributed by atoms with Crippen LogP contribution in [-0.4, -0.2) is 29.0 Å². The van der Waals surface area contributed by atoms with Crippen LogP contribution in [0.25, 0.3) is 0 Å². The third-order valence-electron chi connectivity index (χ3n) is 4.60. The van der Waals surface area contributed by atoms with E-state index < -0.39 is 6.36 Å². The lowest BCUT2D eigenvalue weighted by molar-refractivity contribution is -0.274. The average Bonchev–Trinajstić information content (AvgIpc) is 2.60. The summed E-state index contributed by atoms with van der Waals surface area (Å²) in [6, 6.07) is 8.24. The molecule has 3 nitrogen and oxygen atoms in total. The van der Waals surface area contributed by atoms with Gasteiger partial charge in [-0.05, 0) is 62.8 Å². The Kier molecular flexibility index (Phi) is 6.51. The summed E-state index contributed by atoms with van der Waals surface area (Å²) in [5, 5.41) is 0. The number of rotatable bonds is 5. The Morgan fingerprint density at radius 2 is 2.04 bits per heavy atom. The molecule has 0 spiro atoms. The van der Waals surface area contributed by atoms with Crippen molar-refractivity contribution in [1.29, 1.82) is 0 Å². The molecule has 1 aliphatic heterocycles. The highest BCUT2D eigenvalue weighted by Gasteiger charge is 2.36. The third-order valence-corrected chi connectivity index (χ3v) is 6.65. The molecule has 0 amide bonds. The summed E-state index contributed by atoms with van der Waals surface area (Å²) in [7, 11) is 0. The Morgan fingerprint density at radius 3 is 2.71 bits per heavy atom. The zero-order valence-corrected chi connectivity index (χ0v) is 17.5. The number of alkyl halides is 3. The van der Waals surface area contributed by atoms with Crippen LogP contribution in [0.3, 0.4) is 0 Å². The number of pyridine rings is 1. The number of ether oxygens (including phenoxy) is 2. The highest BCUT2D eigenvalue weighted by atomic mass is 32.2. The average molecular weight is 430 g/mol. The highest BCUT2D eigenvalue weighted by molar-refractivity contribution is 8.00. The topological polar surface area (TPSA) is 31.4 Å². The molecule has 2 atom stereocenters. The second-order valence-electron chi connectivity index (χ2n) is 6.97. The minimum Gasteiger partial charge on any atom is -0.406 e. The van der Waals surface area contributed by atoms with Crippen molar-refractivity contribution in [1.82, 2.24) is 4.98 Å². The van der Waals surface area contributed by atoms with Gasteiger partial charge in [-0.1, -0.05) is 6.07 Å². The standard InChI is InChI=1S/C20H22F3NO2S2/c1-13-9-16(27-3)12-24-18(13)17-11-19(2,7-8-25-17)28-15-6-4-5-14(10-15)26-20(21,22)23/h4-6,9-10,12,17H,7-8,11H2,1-3H3. The lowest BCUT2D eigenvalue weighted by Crippen LogP contribution is -2.32. The van der Waals surface area contributed by atoms with Gasteiger partial charge in [0.2, 0.25) is 0 Å². The van der Waals surface area contributed by atoms with E-state index in [-0.39, 0.29) is 16.6 Å². The van der Waals surface area contributed by atoms with Crippen molar-refractivity contribution in [2.75, 3.05) is 12.9 Å². The molecule has 0 saturated carbocycles. The molecule has 1 aliphatic rings. The van der Waals surface area contributed by atoms with Crippen molar-refractivity contribution in [2.45, 2.75) is 53.7 Å². The molecule has 0 N–H and O–H groups in total. The van der Waals surface area contributed by atoms with Crippen LogP contribution in [0.5, 0.6) is 5.75 Å². The maximum Gasteiger partial charge on any atom is 0.573 e. The number of thioether (sulfide) groups is 2. The highest BCUT2D eigenvalue weighted by Crippen LogP contribution is 2.46. The third kappa shape index (κ3) is 5.58. The van der Waals surface area contributed by atoms with Crippen molar-refractivity contribution in [3.05, 3.63) is 47.8 Å². The maximum absolute atomic E-state index is 12.5. The fourth-order valence-corrected chi connectivity index (χ4v) is 5.03. The van der Waals surface area contributed by atoms with Gasteiger partial charge < -0.3 is 9.47 Å². The van der Waals surface area contributed by atoms with Gasteiger partial charge in [-0.3, -0.25) is 4.98 Å². The Hall–Kier alpha value is -1.38. The molecule has 1 fully saturated rings. The molecule has 0 radical (unpaired) electrons. The summed E-state index contributed by atoms with van der Waals surface area (Å²) in [6.45, 7) is 4.73. The maximum atomic E-state index is 12.5. The Morgan fingerprint density at radius 1 is 1.25 bits per heavy atom. The molecule has 2 heterocycles. The number of halogens is 3. The molecule has 28 heavy (non-hydrogen) atoms. The number of aromatic nitrogens is 1. The second-order valence-corrected chi connectivity index (χ2v) is 9.51. The van der Waals surface area contributed by atoms with E-state index in [1.807, 2.05) is 19.4 Å². The molecule has 1 saturated heterocycles. The lowest BCUT2D eigenvalue weighted by atomic mass is 9.93. The quantitative estimate of drug-likeness (QED) is 0.513. The summed E-state index contributed by atoms with van der Waals surface area (Å²) in [4.78, 5) is 6.45. The SMILES string of the molecule is CSc1cnc(C2CC(C)(Sc3cccc(OC(F)(F)F)c3)CCO2)c(C)c1. The summed E-state index contributed by atoms with van der Waals surface area (Å²) < 4.78 is 47.3. The van der Waals surface area contributed by atoms with Gasteiger partial charge in [0.15, 0.2) is 0 Å². The fraction of sp³-hybridized carbons (Fsp3) is 0.450. The van der Waals surface area contributed by atoms with Crippen LogP contribution in [-0.2, 0) is 4.74 Å². The van der Waals surface area contributed by atoms with E-state index in [1.165, 1.54) is 12.1 Å². The molecule has 2 unspecified atom stereocenters. The van der Waals surface area contributed by atoms with Gasteiger partial charge >= 0.3 is 6.36 Å². The Labute approximate surface area is 171 Å². The van der Waals surface area contributed by atoms with Gasteiger partial charge in [0.25, 0.3) is 0 Å². The summed E-state index contributed by atoms with van der Waals surface area (Å²) in [5.74, 6) is -0.199. The molecule has 8 heteroatoms. The van der Waals surface area contributed by atoms with Crippen molar-refractivity contribution < 1.29 is 22.6 Å². The number of nitrogens with zero attached hydrogens (tertiary/aromatic N) is 1. The van der Waals surface area contributed by atoms with Gasteiger partial charge in [0, 0.05) is 27.3 Å². The Balaban J connectivity index is 1.75. The molecular formula is C20H22F3NO2S2. The number of hydrogen-bond donors (Lipinski definition) is 0.